The summed E-state index contributed by atoms with van der Waals surface area (Å²) in [5.41, 5.74) is 0.0737. The molecule has 1 atom stereocenters. The molecular weight excluding hydrogens is 462 g/mol. The van der Waals surface area contributed by atoms with E-state index in [0.29, 0.717) is 17.9 Å². The zero-order valence-corrected chi connectivity index (χ0v) is 21.7. The van der Waals surface area contributed by atoms with Crippen molar-refractivity contribution in [3.05, 3.63) is 54.1 Å². The molecule has 196 valence electrons. The lowest BCUT2D eigenvalue weighted by molar-refractivity contribution is -0.138. The summed E-state index contributed by atoms with van der Waals surface area (Å²) in [6.07, 6.45) is 1.68. The van der Waals surface area contributed by atoms with E-state index < -0.39 is 29.6 Å². The van der Waals surface area contributed by atoms with Crippen molar-refractivity contribution >= 4 is 23.6 Å². The number of phenolic OH excluding ortho intramolecular Hbond substituents is 1. The van der Waals surface area contributed by atoms with Gasteiger partial charge in [-0.15, -0.1) is 0 Å². The lowest BCUT2D eigenvalue weighted by Gasteiger charge is -2.32. The van der Waals surface area contributed by atoms with E-state index in [4.69, 9.17) is 9.47 Å². The number of para-hydroxylation sites is 1. The Morgan fingerprint density at radius 1 is 1.03 bits per heavy atom. The highest BCUT2D eigenvalue weighted by Gasteiger charge is 2.33. The summed E-state index contributed by atoms with van der Waals surface area (Å²) in [5, 5.41) is 15.9. The van der Waals surface area contributed by atoms with Gasteiger partial charge in [-0.3, -0.25) is 9.59 Å². The molecule has 2 aromatic rings. The van der Waals surface area contributed by atoms with Gasteiger partial charge in [-0.05, 0) is 57.5 Å². The number of nitrogens with one attached hydrogen (secondary N) is 2. The van der Waals surface area contributed by atoms with E-state index in [1.165, 1.54) is 11.0 Å². The third-order valence-electron chi connectivity index (χ3n) is 5.25. The number of unbranched alkanes of at least 4 members (excludes halogenated alkanes) is 2. The first-order chi connectivity index (χ1) is 17.1. The Morgan fingerprint density at radius 3 is 2.28 bits per heavy atom. The summed E-state index contributed by atoms with van der Waals surface area (Å²) in [6.45, 7) is 7.11. The van der Waals surface area contributed by atoms with Crippen molar-refractivity contribution in [3.63, 3.8) is 0 Å². The normalized spacial score (nSPS) is 11.8. The van der Waals surface area contributed by atoms with Crippen LogP contribution in [0.2, 0.25) is 0 Å². The lowest BCUT2D eigenvalue weighted by Crippen LogP contribution is -2.47. The van der Waals surface area contributed by atoms with E-state index in [9.17, 15) is 19.5 Å². The molecule has 36 heavy (non-hydrogen) atoms. The Kier molecular flexibility index (Phi) is 10.6. The van der Waals surface area contributed by atoms with Crippen LogP contribution in [0.3, 0.4) is 0 Å². The van der Waals surface area contributed by atoms with Gasteiger partial charge in [0.2, 0.25) is 5.91 Å². The summed E-state index contributed by atoms with van der Waals surface area (Å²) >= 11 is 0. The second kappa shape index (κ2) is 13.4. The molecule has 0 saturated heterocycles. The molecule has 3 amide bonds. The molecule has 0 aromatic heterocycles. The van der Waals surface area contributed by atoms with Crippen LogP contribution >= 0.6 is 0 Å². The highest BCUT2D eigenvalue weighted by Crippen LogP contribution is 2.31. The third kappa shape index (κ3) is 8.79. The molecule has 0 aliphatic heterocycles. The number of rotatable bonds is 11. The molecular formula is C27H37N3O6. The van der Waals surface area contributed by atoms with Crippen LogP contribution in [-0.2, 0) is 14.3 Å². The SMILES string of the molecule is CCCCCN(C(=O)CNC(=O)OC(C)(C)C)C(C(=O)Nc1ccc(OC)cc1)c1ccccc1O. The maximum Gasteiger partial charge on any atom is 0.408 e. The van der Waals surface area contributed by atoms with Crippen LogP contribution in [-0.4, -0.2) is 53.7 Å². The van der Waals surface area contributed by atoms with E-state index in [1.54, 1.807) is 70.3 Å². The maximum absolute atomic E-state index is 13.6. The number of aromatic hydroxyl groups is 1. The first-order valence-electron chi connectivity index (χ1n) is 12.0. The highest BCUT2D eigenvalue weighted by atomic mass is 16.6. The van der Waals surface area contributed by atoms with E-state index in [-0.39, 0.29) is 24.4 Å². The molecule has 0 spiro atoms. The van der Waals surface area contributed by atoms with Gasteiger partial charge in [0.05, 0.1) is 7.11 Å². The van der Waals surface area contributed by atoms with Crippen LogP contribution in [0, 0.1) is 0 Å². The molecule has 0 heterocycles. The van der Waals surface area contributed by atoms with Crippen LogP contribution in [0.4, 0.5) is 10.5 Å². The van der Waals surface area contributed by atoms with Crippen molar-refractivity contribution in [2.45, 2.75) is 58.6 Å². The summed E-state index contributed by atoms with van der Waals surface area (Å²) in [6, 6.07) is 12.1. The third-order valence-corrected chi connectivity index (χ3v) is 5.25. The minimum Gasteiger partial charge on any atom is -0.508 e. The predicted molar refractivity (Wildman–Crippen MR) is 138 cm³/mol. The Bertz CT molecular complexity index is 1020. The number of alkyl carbamates (subject to hydrolysis) is 1. The summed E-state index contributed by atoms with van der Waals surface area (Å²) in [7, 11) is 1.55. The predicted octanol–water partition coefficient (Wildman–Crippen LogP) is 4.62. The number of ether oxygens (including phenoxy) is 2. The van der Waals surface area contributed by atoms with Crippen LogP contribution in [0.15, 0.2) is 48.5 Å². The molecule has 0 aliphatic rings. The maximum atomic E-state index is 13.6. The number of carbonyl (C=O) groups excluding carboxylic acids is 3. The van der Waals surface area contributed by atoms with Crippen LogP contribution in [0.1, 0.15) is 58.6 Å². The van der Waals surface area contributed by atoms with E-state index >= 15 is 0 Å². The average molecular weight is 500 g/mol. The first kappa shape index (κ1) is 28.5. The second-order valence-electron chi connectivity index (χ2n) is 9.33. The van der Waals surface area contributed by atoms with Crippen molar-refractivity contribution < 1.29 is 29.0 Å². The van der Waals surface area contributed by atoms with Gasteiger partial charge in [0, 0.05) is 17.8 Å². The topological polar surface area (TPSA) is 117 Å². The van der Waals surface area contributed by atoms with Crippen LogP contribution < -0.4 is 15.4 Å². The summed E-state index contributed by atoms with van der Waals surface area (Å²) in [5.74, 6) is -0.450. The fraction of sp³-hybridized carbons (Fsp3) is 0.444. The van der Waals surface area contributed by atoms with Crippen LogP contribution in [0.5, 0.6) is 11.5 Å². The van der Waals surface area contributed by atoms with Gasteiger partial charge < -0.3 is 30.1 Å². The number of phenols is 1. The van der Waals surface area contributed by atoms with Crippen molar-refractivity contribution in [3.8, 4) is 11.5 Å². The molecule has 9 heteroatoms. The minimum atomic E-state index is -1.13. The number of anilines is 1. The Hall–Kier alpha value is -3.75. The molecule has 2 aromatic carbocycles. The standard InChI is InChI=1S/C27H37N3O6/c1-6-7-10-17-30(23(32)18-28-26(34)36-27(2,3)4)24(21-11-8-9-12-22(21)31)25(33)29-19-13-15-20(35-5)16-14-19/h8-9,11-16,24,31H,6-7,10,17-18H2,1-5H3,(H,28,34)(H,29,33). The zero-order valence-electron chi connectivity index (χ0n) is 21.7. The number of carbonyl (C=O) groups is 3. The monoisotopic (exact) mass is 499 g/mol. The van der Waals surface area contributed by atoms with E-state index in [2.05, 4.69) is 10.6 Å². The van der Waals surface area contributed by atoms with E-state index in [0.717, 1.165) is 12.8 Å². The van der Waals surface area contributed by atoms with Gasteiger partial charge in [0.25, 0.3) is 5.91 Å². The molecule has 0 saturated carbocycles. The molecule has 1 unspecified atom stereocenters. The van der Waals surface area contributed by atoms with Crippen molar-refractivity contribution in [2.24, 2.45) is 0 Å². The fourth-order valence-electron chi connectivity index (χ4n) is 3.55. The largest absolute Gasteiger partial charge is 0.508 e. The minimum absolute atomic E-state index is 0.110. The molecule has 2 rings (SSSR count). The molecule has 3 N–H and O–H groups in total. The van der Waals surface area contributed by atoms with Crippen LogP contribution in [0.25, 0.3) is 0 Å². The Balaban J connectivity index is 2.35. The second-order valence-corrected chi connectivity index (χ2v) is 9.33. The molecule has 0 bridgehead atoms. The number of hydrogen-bond acceptors (Lipinski definition) is 6. The van der Waals surface area contributed by atoms with Gasteiger partial charge in [-0.1, -0.05) is 38.0 Å². The number of hydrogen-bond donors (Lipinski definition) is 3. The van der Waals surface area contributed by atoms with Gasteiger partial charge in [0.1, 0.15) is 29.7 Å². The molecule has 0 radical (unpaired) electrons. The molecule has 9 nitrogen and oxygen atoms in total. The average Bonchev–Trinajstić information content (AvgIpc) is 2.82. The smallest absolute Gasteiger partial charge is 0.408 e. The number of methoxy groups -OCH3 is 1. The fourth-order valence-corrected chi connectivity index (χ4v) is 3.55. The lowest BCUT2D eigenvalue weighted by atomic mass is 10.0. The summed E-state index contributed by atoms with van der Waals surface area (Å²) in [4.78, 5) is 40.4. The molecule has 0 aliphatic carbocycles. The number of nitrogens with zero attached hydrogens (tertiary/aromatic N) is 1. The van der Waals surface area contributed by atoms with Crippen molar-refractivity contribution in [1.29, 1.82) is 0 Å². The van der Waals surface area contributed by atoms with Gasteiger partial charge >= 0.3 is 6.09 Å². The number of benzene rings is 2. The Labute approximate surface area is 212 Å². The first-order valence-corrected chi connectivity index (χ1v) is 12.0. The van der Waals surface area contributed by atoms with Crippen molar-refractivity contribution in [2.75, 3.05) is 25.5 Å². The van der Waals surface area contributed by atoms with Gasteiger partial charge in [-0.25, -0.2) is 4.79 Å². The van der Waals surface area contributed by atoms with Gasteiger partial charge in [0.15, 0.2) is 0 Å². The van der Waals surface area contributed by atoms with E-state index in [1.807, 2.05) is 6.92 Å². The van der Waals surface area contributed by atoms with Gasteiger partial charge in [-0.2, -0.15) is 0 Å². The molecule has 0 fully saturated rings. The van der Waals surface area contributed by atoms with Crippen molar-refractivity contribution in [1.82, 2.24) is 10.2 Å². The Morgan fingerprint density at radius 2 is 1.69 bits per heavy atom. The zero-order chi connectivity index (χ0) is 26.7. The quantitative estimate of drug-likeness (QED) is 0.388. The summed E-state index contributed by atoms with van der Waals surface area (Å²) < 4.78 is 10.4. The number of amides is 3. The highest BCUT2D eigenvalue weighted by molar-refractivity contribution is 5.98.